The third kappa shape index (κ3) is 2.98. The van der Waals surface area contributed by atoms with E-state index in [1.807, 2.05) is 0 Å². The summed E-state index contributed by atoms with van der Waals surface area (Å²) in [5.74, 6) is 1.99. The standard InChI is InChI=1S/C14H26N2/c1-3-12(4-1)10-16-8-2-5-13(11-16)9-15-14-6-7-14/h12-15H,1-11H2. The van der Waals surface area contributed by atoms with Crippen LogP contribution in [0.4, 0.5) is 0 Å². The van der Waals surface area contributed by atoms with E-state index in [4.69, 9.17) is 0 Å². The van der Waals surface area contributed by atoms with Crippen molar-refractivity contribution in [3.63, 3.8) is 0 Å². The quantitative estimate of drug-likeness (QED) is 0.767. The number of likely N-dealkylation sites (tertiary alicyclic amines) is 1. The van der Waals surface area contributed by atoms with Gasteiger partial charge >= 0.3 is 0 Å². The summed E-state index contributed by atoms with van der Waals surface area (Å²) in [6, 6.07) is 0.891. The van der Waals surface area contributed by atoms with Gasteiger partial charge in [0.2, 0.25) is 0 Å². The summed E-state index contributed by atoms with van der Waals surface area (Å²) in [7, 11) is 0. The molecule has 0 radical (unpaired) electrons. The zero-order valence-electron chi connectivity index (χ0n) is 10.5. The van der Waals surface area contributed by atoms with Crippen LogP contribution in [-0.2, 0) is 0 Å². The fraction of sp³-hybridized carbons (Fsp3) is 1.00. The lowest BCUT2D eigenvalue weighted by Crippen LogP contribution is -2.43. The fourth-order valence-corrected chi connectivity index (χ4v) is 3.15. The van der Waals surface area contributed by atoms with Crippen molar-refractivity contribution in [3.05, 3.63) is 0 Å². The second-order valence-corrected chi connectivity index (χ2v) is 6.25. The minimum absolute atomic E-state index is 0.891. The predicted octanol–water partition coefficient (Wildman–Crippen LogP) is 2.25. The molecule has 0 aromatic rings. The maximum atomic E-state index is 3.70. The highest BCUT2D eigenvalue weighted by atomic mass is 15.1. The van der Waals surface area contributed by atoms with Crippen molar-refractivity contribution in [2.75, 3.05) is 26.2 Å². The van der Waals surface area contributed by atoms with Crippen LogP contribution < -0.4 is 5.32 Å². The molecule has 0 bridgehead atoms. The molecule has 2 aliphatic carbocycles. The van der Waals surface area contributed by atoms with Gasteiger partial charge in [-0.25, -0.2) is 0 Å². The Balaban J connectivity index is 1.37. The van der Waals surface area contributed by atoms with Crippen molar-refractivity contribution in [2.24, 2.45) is 11.8 Å². The number of nitrogens with one attached hydrogen (secondary N) is 1. The van der Waals surface area contributed by atoms with Crippen molar-refractivity contribution in [1.82, 2.24) is 10.2 Å². The van der Waals surface area contributed by atoms with Crippen LogP contribution in [0.5, 0.6) is 0 Å². The lowest BCUT2D eigenvalue weighted by Gasteiger charge is -2.37. The van der Waals surface area contributed by atoms with E-state index in [1.54, 1.807) is 0 Å². The minimum atomic E-state index is 0.891. The van der Waals surface area contributed by atoms with Gasteiger partial charge in [-0.2, -0.15) is 0 Å². The Morgan fingerprint density at radius 3 is 2.44 bits per heavy atom. The van der Waals surface area contributed by atoms with Crippen LogP contribution >= 0.6 is 0 Å². The summed E-state index contributed by atoms with van der Waals surface area (Å²) in [4.78, 5) is 2.74. The van der Waals surface area contributed by atoms with Gasteiger partial charge in [-0.15, -0.1) is 0 Å². The van der Waals surface area contributed by atoms with Crippen LogP contribution in [0.1, 0.15) is 44.9 Å². The molecule has 1 heterocycles. The van der Waals surface area contributed by atoms with E-state index in [-0.39, 0.29) is 0 Å². The lowest BCUT2D eigenvalue weighted by molar-refractivity contribution is 0.123. The molecule has 0 aromatic heterocycles. The molecule has 0 amide bonds. The maximum Gasteiger partial charge on any atom is 0.00683 e. The van der Waals surface area contributed by atoms with Crippen molar-refractivity contribution >= 4 is 0 Å². The SMILES string of the molecule is C1CC(CN2CCCC(CNC3CC3)C2)C1. The largest absolute Gasteiger partial charge is 0.314 e. The zero-order chi connectivity index (χ0) is 10.8. The molecule has 2 heteroatoms. The van der Waals surface area contributed by atoms with Crippen LogP contribution in [0.2, 0.25) is 0 Å². The minimum Gasteiger partial charge on any atom is -0.314 e. The fourth-order valence-electron chi connectivity index (χ4n) is 3.15. The van der Waals surface area contributed by atoms with E-state index < -0.39 is 0 Å². The Hall–Kier alpha value is -0.0800. The van der Waals surface area contributed by atoms with E-state index in [9.17, 15) is 0 Å². The second-order valence-electron chi connectivity index (χ2n) is 6.25. The molecule has 2 nitrogen and oxygen atoms in total. The average Bonchev–Trinajstić information content (AvgIpc) is 3.05. The van der Waals surface area contributed by atoms with Gasteiger partial charge < -0.3 is 10.2 Å². The molecule has 1 saturated heterocycles. The van der Waals surface area contributed by atoms with Gasteiger partial charge in [-0.3, -0.25) is 0 Å². The molecule has 3 rings (SSSR count). The third-order valence-electron chi connectivity index (χ3n) is 4.62. The first-order valence-corrected chi connectivity index (χ1v) is 7.36. The predicted molar refractivity (Wildman–Crippen MR) is 67.5 cm³/mol. The van der Waals surface area contributed by atoms with Crippen molar-refractivity contribution in [1.29, 1.82) is 0 Å². The van der Waals surface area contributed by atoms with Gasteiger partial charge in [0.1, 0.15) is 0 Å². The third-order valence-corrected chi connectivity index (χ3v) is 4.62. The molecule has 92 valence electrons. The average molecular weight is 222 g/mol. The number of rotatable bonds is 5. The van der Waals surface area contributed by atoms with Crippen LogP contribution in [-0.4, -0.2) is 37.1 Å². The molecule has 3 fully saturated rings. The topological polar surface area (TPSA) is 15.3 Å². The summed E-state index contributed by atoms with van der Waals surface area (Å²) in [6.45, 7) is 5.43. The molecular formula is C14H26N2. The molecule has 2 saturated carbocycles. The van der Waals surface area contributed by atoms with E-state index in [0.29, 0.717) is 0 Å². The monoisotopic (exact) mass is 222 g/mol. The van der Waals surface area contributed by atoms with E-state index in [1.165, 1.54) is 71.1 Å². The summed E-state index contributed by atoms with van der Waals surface area (Å²) in [6.07, 6.45) is 10.2. The highest BCUT2D eigenvalue weighted by Gasteiger charge is 2.27. The highest BCUT2D eigenvalue weighted by molar-refractivity contribution is 4.84. The van der Waals surface area contributed by atoms with Gasteiger partial charge in [0.25, 0.3) is 0 Å². The first kappa shape index (κ1) is 11.0. The van der Waals surface area contributed by atoms with Crippen LogP contribution in [0.3, 0.4) is 0 Å². The number of hydrogen-bond donors (Lipinski definition) is 1. The number of piperidine rings is 1. The van der Waals surface area contributed by atoms with Gasteiger partial charge in [0.15, 0.2) is 0 Å². The number of hydrogen-bond acceptors (Lipinski definition) is 2. The van der Waals surface area contributed by atoms with Gasteiger partial charge in [-0.1, -0.05) is 6.42 Å². The summed E-state index contributed by atoms with van der Waals surface area (Å²) < 4.78 is 0. The summed E-state index contributed by atoms with van der Waals surface area (Å²) >= 11 is 0. The Morgan fingerprint density at radius 1 is 0.938 bits per heavy atom. The molecule has 0 aromatic carbocycles. The maximum absolute atomic E-state index is 3.70. The summed E-state index contributed by atoms with van der Waals surface area (Å²) in [5, 5.41) is 3.70. The lowest BCUT2D eigenvalue weighted by atomic mass is 9.84. The second kappa shape index (κ2) is 5.05. The normalized spacial score (nSPS) is 32.6. The molecule has 1 aliphatic heterocycles. The van der Waals surface area contributed by atoms with Crippen LogP contribution in [0.25, 0.3) is 0 Å². The zero-order valence-corrected chi connectivity index (χ0v) is 10.5. The van der Waals surface area contributed by atoms with Crippen molar-refractivity contribution in [2.45, 2.75) is 51.0 Å². The van der Waals surface area contributed by atoms with Crippen molar-refractivity contribution in [3.8, 4) is 0 Å². The first-order valence-electron chi connectivity index (χ1n) is 7.36. The van der Waals surface area contributed by atoms with Gasteiger partial charge in [0, 0.05) is 19.1 Å². The van der Waals surface area contributed by atoms with Crippen LogP contribution in [0.15, 0.2) is 0 Å². The Kier molecular flexibility index (Phi) is 3.49. The first-order chi connectivity index (χ1) is 7.90. The molecule has 16 heavy (non-hydrogen) atoms. The summed E-state index contributed by atoms with van der Waals surface area (Å²) in [5.41, 5.74) is 0. The van der Waals surface area contributed by atoms with Gasteiger partial charge in [-0.05, 0) is 63.5 Å². The Labute approximate surface area is 99.8 Å². The van der Waals surface area contributed by atoms with E-state index in [2.05, 4.69) is 10.2 Å². The smallest absolute Gasteiger partial charge is 0.00683 e. The van der Waals surface area contributed by atoms with E-state index in [0.717, 1.165) is 17.9 Å². The highest BCUT2D eigenvalue weighted by Crippen LogP contribution is 2.29. The molecule has 1 unspecified atom stereocenters. The van der Waals surface area contributed by atoms with Crippen molar-refractivity contribution < 1.29 is 0 Å². The Morgan fingerprint density at radius 2 is 1.75 bits per heavy atom. The van der Waals surface area contributed by atoms with Gasteiger partial charge in [0.05, 0.1) is 0 Å². The molecule has 1 atom stereocenters. The molecule has 1 N–H and O–H groups in total. The van der Waals surface area contributed by atoms with E-state index >= 15 is 0 Å². The van der Waals surface area contributed by atoms with Crippen LogP contribution in [0, 0.1) is 11.8 Å². The molecule has 3 aliphatic rings. The molecular weight excluding hydrogens is 196 g/mol. The number of nitrogens with zero attached hydrogens (tertiary/aromatic N) is 1. The Bertz CT molecular complexity index is 221. The molecule has 0 spiro atoms.